The van der Waals surface area contributed by atoms with E-state index in [2.05, 4.69) is 10.6 Å². The zero-order chi connectivity index (χ0) is 16.8. The molecule has 0 fully saturated rings. The Morgan fingerprint density at radius 1 is 0.870 bits per heavy atom. The lowest BCUT2D eigenvalue weighted by Crippen LogP contribution is -2.34. The summed E-state index contributed by atoms with van der Waals surface area (Å²) in [5.41, 5.74) is 0.535. The molecular formula is C16H13Cl2FN2O2. The fourth-order valence-corrected chi connectivity index (χ4v) is 2.34. The minimum atomic E-state index is -0.515. The fourth-order valence-electron chi connectivity index (χ4n) is 1.86. The van der Waals surface area contributed by atoms with Crippen molar-refractivity contribution in [3.05, 3.63) is 69.5 Å². The van der Waals surface area contributed by atoms with Gasteiger partial charge in [0.1, 0.15) is 5.82 Å². The smallest absolute Gasteiger partial charge is 0.252 e. The highest BCUT2D eigenvalue weighted by atomic mass is 35.5. The van der Waals surface area contributed by atoms with Gasteiger partial charge in [0.25, 0.3) is 11.8 Å². The number of nitrogens with one attached hydrogen (secondary N) is 2. The molecule has 0 heterocycles. The highest BCUT2D eigenvalue weighted by molar-refractivity contribution is 6.34. The van der Waals surface area contributed by atoms with Crippen LogP contribution >= 0.6 is 23.2 Å². The number of carbonyl (C=O) groups excluding carboxylic acids is 2. The van der Waals surface area contributed by atoms with E-state index >= 15 is 0 Å². The van der Waals surface area contributed by atoms with E-state index in [1.807, 2.05) is 0 Å². The molecule has 0 radical (unpaired) electrons. The Balaban J connectivity index is 1.82. The summed E-state index contributed by atoms with van der Waals surface area (Å²) in [7, 11) is 0. The van der Waals surface area contributed by atoms with Crippen molar-refractivity contribution in [3.8, 4) is 0 Å². The first-order chi connectivity index (χ1) is 11.0. The summed E-state index contributed by atoms with van der Waals surface area (Å²) in [4.78, 5) is 23.8. The van der Waals surface area contributed by atoms with Gasteiger partial charge in [0.05, 0.1) is 21.2 Å². The van der Waals surface area contributed by atoms with E-state index in [9.17, 15) is 14.0 Å². The van der Waals surface area contributed by atoms with Crippen molar-refractivity contribution in [1.29, 1.82) is 0 Å². The molecule has 0 aliphatic carbocycles. The van der Waals surface area contributed by atoms with Crippen LogP contribution in [-0.2, 0) is 0 Å². The Bertz CT molecular complexity index is 738. The van der Waals surface area contributed by atoms with Crippen LogP contribution in [0.25, 0.3) is 0 Å². The van der Waals surface area contributed by atoms with Gasteiger partial charge in [-0.05, 0) is 30.3 Å². The van der Waals surface area contributed by atoms with Gasteiger partial charge in [0.2, 0.25) is 0 Å². The predicted molar refractivity (Wildman–Crippen MR) is 87.5 cm³/mol. The first-order valence-electron chi connectivity index (χ1n) is 6.75. The highest BCUT2D eigenvalue weighted by Crippen LogP contribution is 2.17. The van der Waals surface area contributed by atoms with E-state index < -0.39 is 11.7 Å². The van der Waals surface area contributed by atoms with E-state index in [1.165, 1.54) is 6.07 Å². The molecule has 4 nitrogen and oxygen atoms in total. The minimum Gasteiger partial charge on any atom is -0.350 e. The van der Waals surface area contributed by atoms with Crippen LogP contribution in [0.1, 0.15) is 20.7 Å². The third kappa shape index (κ3) is 4.68. The maximum Gasteiger partial charge on any atom is 0.252 e. The molecule has 0 saturated heterocycles. The number of halogens is 3. The average Bonchev–Trinajstić information content (AvgIpc) is 2.51. The topological polar surface area (TPSA) is 58.2 Å². The van der Waals surface area contributed by atoms with Crippen LogP contribution in [0, 0.1) is 5.82 Å². The summed E-state index contributed by atoms with van der Waals surface area (Å²) in [6.07, 6.45) is 0. The van der Waals surface area contributed by atoms with Gasteiger partial charge in [-0.15, -0.1) is 0 Å². The molecule has 0 bridgehead atoms. The predicted octanol–water partition coefficient (Wildman–Crippen LogP) is 3.29. The zero-order valence-corrected chi connectivity index (χ0v) is 13.4. The number of benzene rings is 2. The van der Waals surface area contributed by atoms with Gasteiger partial charge in [0, 0.05) is 13.1 Å². The minimum absolute atomic E-state index is 0.0302. The second-order valence-corrected chi connectivity index (χ2v) is 5.43. The molecule has 0 aliphatic rings. The van der Waals surface area contributed by atoms with Gasteiger partial charge in [-0.25, -0.2) is 4.39 Å². The van der Waals surface area contributed by atoms with Crippen molar-refractivity contribution in [3.63, 3.8) is 0 Å². The average molecular weight is 355 g/mol. The highest BCUT2D eigenvalue weighted by Gasteiger charge is 2.11. The third-order valence-electron chi connectivity index (χ3n) is 2.99. The molecule has 120 valence electrons. The lowest BCUT2D eigenvalue weighted by molar-refractivity contribution is 0.0927. The number of hydrogen-bond acceptors (Lipinski definition) is 2. The zero-order valence-electron chi connectivity index (χ0n) is 11.9. The number of hydrogen-bond donors (Lipinski definition) is 2. The Kier molecular flexibility index (Phi) is 5.96. The van der Waals surface area contributed by atoms with Gasteiger partial charge in [-0.3, -0.25) is 9.59 Å². The normalized spacial score (nSPS) is 10.2. The Hall–Kier alpha value is -2.11. The molecule has 0 aliphatic heterocycles. The third-order valence-corrected chi connectivity index (χ3v) is 3.63. The molecule has 2 amide bonds. The van der Waals surface area contributed by atoms with E-state index in [1.54, 1.807) is 24.3 Å². The maximum absolute atomic E-state index is 12.9. The van der Waals surface area contributed by atoms with Crippen LogP contribution in [0.2, 0.25) is 10.0 Å². The largest absolute Gasteiger partial charge is 0.350 e. The molecule has 0 aromatic heterocycles. The van der Waals surface area contributed by atoms with E-state index in [0.29, 0.717) is 10.6 Å². The monoisotopic (exact) mass is 354 g/mol. The summed E-state index contributed by atoms with van der Waals surface area (Å²) in [6, 6.07) is 10.2. The summed E-state index contributed by atoms with van der Waals surface area (Å²) in [5, 5.41) is 5.61. The summed E-state index contributed by atoms with van der Waals surface area (Å²) >= 11 is 11.7. The van der Waals surface area contributed by atoms with Crippen LogP contribution < -0.4 is 10.6 Å². The maximum atomic E-state index is 12.9. The van der Waals surface area contributed by atoms with Crippen molar-refractivity contribution in [2.24, 2.45) is 0 Å². The van der Waals surface area contributed by atoms with Gasteiger partial charge in [-0.1, -0.05) is 35.3 Å². The second kappa shape index (κ2) is 7.94. The van der Waals surface area contributed by atoms with E-state index in [0.717, 1.165) is 12.1 Å². The molecule has 0 spiro atoms. The molecule has 0 unspecified atom stereocenters. The van der Waals surface area contributed by atoms with Crippen molar-refractivity contribution in [2.45, 2.75) is 0 Å². The summed E-state index contributed by atoms with van der Waals surface area (Å²) < 4.78 is 12.9. The van der Waals surface area contributed by atoms with E-state index in [4.69, 9.17) is 23.2 Å². The van der Waals surface area contributed by atoms with Crippen LogP contribution in [0.15, 0.2) is 42.5 Å². The summed E-state index contributed by atoms with van der Waals surface area (Å²) in [5.74, 6) is -1.29. The van der Waals surface area contributed by atoms with Crippen LogP contribution in [0.5, 0.6) is 0 Å². The van der Waals surface area contributed by atoms with Crippen molar-refractivity contribution < 1.29 is 14.0 Å². The quantitative estimate of drug-likeness (QED) is 0.809. The molecule has 23 heavy (non-hydrogen) atoms. The lowest BCUT2D eigenvalue weighted by Gasteiger charge is -2.09. The molecule has 2 aromatic rings. The van der Waals surface area contributed by atoms with Crippen molar-refractivity contribution in [2.75, 3.05) is 13.1 Å². The van der Waals surface area contributed by atoms with Crippen molar-refractivity contribution >= 4 is 35.0 Å². The molecule has 0 saturated carbocycles. The first-order valence-corrected chi connectivity index (χ1v) is 7.50. The lowest BCUT2D eigenvalue weighted by atomic mass is 10.2. The van der Waals surface area contributed by atoms with Crippen LogP contribution in [0.4, 0.5) is 4.39 Å². The van der Waals surface area contributed by atoms with Crippen LogP contribution in [0.3, 0.4) is 0 Å². The van der Waals surface area contributed by atoms with Gasteiger partial charge < -0.3 is 10.6 Å². The standard InChI is InChI=1S/C16H13Cl2FN2O2/c17-13-4-2-1-3-11(13)15(22)20-7-8-21-16(23)12-6-5-10(19)9-14(12)18/h1-6,9H,7-8H2,(H,20,22)(H,21,23). The number of amides is 2. The van der Waals surface area contributed by atoms with Gasteiger partial charge >= 0.3 is 0 Å². The molecule has 0 atom stereocenters. The van der Waals surface area contributed by atoms with Gasteiger partial charge in [-0.2, -0.15) is 0 Å². The Labute approximate surface area is 142 Å². The second-order valence-electron chi connectivity index (χ2n) is 4.62. The van der Waals surface area contributed by atoms with E-state index in [-0.39, 0.29) is 29.6 Å². The molecule has 2 N–H and O–H groups in total. The Morgan fingerprint density at radius 3 is 2.00 bits per heavy atom. The van der Waals surface area contributed by atoms with Crippen LogP contribution in [-0.4, -0.2) is 24.9 Å². The molecule has 2 aromatic carbocycles. The number of rotatable bonds is 5. The first kappa shape index (κ1) is 17.2. The molecular weight excluding hydrogens is 342 g/mol. The fraction of sp³-hybridized carbons (Fsp3) is 0.125. The van der Waals surface area contributed by atoms with Gasteiger partial charge in [0.15, 0.2) is 0 Å². The molecule has 2 rings (SSSR count). The number of carbonyl (C=O) groups is 2. The summed E-state index contributed by atoms with van der Waals surface area (Å²) in [6.45, 7) is 0.414. The molecule has 7 heteroatoms. The SMILES string of the molecule is O=C(NCCNC(=O)c1ccc(F)cc1Cl)c1ccccc1Cl. The Morgan fingerprint density at radius 2 is 1.43 bits per heavy atom. The van der Waals surface area contributed by atoms with Crippen molar-refractivity contribution in [1.82, 2.24) is 10.6 Å².